The number of pyridine rings is 1. The van der Waals surface area contributed by atoms with E-state index < -0.39 is 5.97 Å². The minimum absolute atomic E-state index is 0.0594. The van der Waals surface area contributed by atoms with Crippen LogP contribution in [0.2, 0.25) is 0 Å². The first kappa shape index (κ1) is 13.1. The normalized spacial score (nSPS) is 10.3. The third-order valence-electron chi connectivity index (χ3n) is 2.94. The van der Waals surface area contributed by atoms with Gasteiger partial charge in [0.25, 0.3) is 0 Å². The summed E-state index contributed by atoms with van der Waals surface area (Å²) in [6.07, 6.45) is 1.49. The molecule has 19 heavy (non-hydrogen) atoms. The molecular formula is C15H16N2O2. The van der Waals surface area contributed by atoms with E-state index >= 15 is 0 Å². The molecule has 4 heteroatoms. The van der Waals surface area contributed by atoms with E-state index in [9.17, 15) is 9.90 Å². The molecule has 0 unspecified atom stereocenters. The van der Waals surface area contributed by atoms with Crippen LogP contribution in [0.1, 0.15) is 21.6 Å². The van der Waals surface area contributed by atoms with Crippen molar-refractivity contribution in [1.82, 2.24) is 4.98 Å². The number of hydrogen-bond donors (Lipinski definition) is 1. The van der Waals surface area contributed by atoms with Gasteiger partial charge in [0.05, 0.1) is 5.69 Å². The van der Waals surface area contributed by atoms with Crippen molar-refractivity contribution >= 4 is 17.3 Å². The molecule has 0 aliphatic rings. The fourth-order valence-corrected chi connectivity index (χ4v) is 2.12. The average Bonchev–Trinajstić information content (AvgIpc) is 2.36. The number of aromatic carboxylic acids is 1. The van der Waals surface area contributed by atoms with Crippen LogP contribution in [-0.2, 0) is 0 Å². The van der Waals surface area contributed by atoms with Crippen LogP contribution in [0.15, 0.2) is 36.5 Å². The third kappa shape index (κ3) is 2.73. The topological polar surface area (TPSA) is 53.4 Å². The number of aromatic nitrogens is 1. The number of anilines is 2. The smallest absolute Gasteiger partial charge is 0.356 e. The average molecular weight is 256 g/mol. The van der Waals surface area contributed by atoms with E-state index in [4.69, 9.17) is 0 Å². The molecule has 2 rings (SSSR count). The van der Waals surface area contributed by atoms with Crippen molar-refractivity contribution in [3.05, 3.63) is 53.3 Å². The predicted octanol–water partition coefficient (Wildman–Crippen LogP) is 3.16. The van der Waals surface area contributed by atoms with E-state index in [1.807, 2.05) is 37.9 Å². The number of nitrogens with zero attached hydrogens (tertiary/aromatic N) is 2. The number of rotatable bonds is 3. The first-order chi connectivity index (χ1) is 8.99. The zero-order valence-electron chi connectivity index (χ0n) is 11.2. The van der Waals surface area contributed by atoms with Crippen LogP contribution >= 0.6 is 0 Å². The molecule has 0 saturated heterocycles. The Morgan fingerprint density at radius 1 is 1.21 bits per heavy atom. The molecule has 0 amide bonds. The SMILES string of the molecule is Cc1cc(C)cc(N(C)c2cccnc2C(=O)O)c1. The maximum Gasteiger partial charge on any atom is 0.356 e. The van der Waals surface area contributed by atoms with Gasteiger partial charge >= 0.3 is 5.97 Å². The molecule has 2 aromatic rings. The van der Waals surface area contributed by atoms with Crippen molar-refractivity contribution in [3.63, 3.8) is 0 Å². The Hall–Kier alpha value is -2.36. The van der Waals surface area contributed by atoms with Crippen molar-refractivity contribution in [3.8, 4) is 0 Å². The summed E-state index contributed by atoms with van der Waals surface area (Å²) < 4.78 is 0. The summed E-state index contributed by atoms with van der Waals surface area (Å²) in [6, 6.07) is 9.62. The van der Waals surface area contributed by atoms with Crippen LogP contribution in [0.25, 0.3) is 0 Å². The van der Waals surface area contributed by atoms with Gasteiger partial charge in [0.15, 0.2) is 5.69 Å². The molecule has 0 saturated carbocycles. The highest BCUT2D eigenvalue weighted by Gasteiger charge is 2.15. The summed E-state index contributed by atoms with van der Waals surface area (Å²) >= 11 is 0. The molecule has 1 heterocycles. The fraction of sp³-hybridized carbons (Fsp3) is 0.200. The van der Waals surface area contributed by atoms with Gasteiger partial charge in [-0.1, -0.05) is 6.07 Å². The lowest BCUT2D eigenvalue weighted by atomic mass is 10.1. The van der Waals surface area contributed by atoms with Gasteiger partial charge in [-0.3, -0.25) is 0 Å². The maximum absolute atomic E-state index is 11.2. The largest absolute Gasteiger partial charge is 0.476 e. The molecule has 0 radical (unpaired) electrons. The molecule has 4 nitrogen and oxygen atoms in total. The number of carboxylic acid groups (broad SMARTS) is 1. The Labute approximate surface area is 112 Å². The van der Waals surface area contributed by atoms with Crippen molar-refractivity contribution in [1.29, 1.82) is 0 Å². The maximum atomic E-state index is 11.2. The Morgan fingerprint density at radius 2 is 1.84 bits per heavy atom. The van der Waals surface area contributed by atoms with Crippen LogP contribution in [0, 0.1) is 13.8 Å². The first-order valence-corrected chi connectivity index (χ1v) is 5.99. The summed E-state index contributed by atoms with van der Waals surface area (Å²) in [4.78, 5) is 17.0. The molecular weight excluding hydrogens is 240 g/mol. The van der Waals surface area contributed by atoms with Crippen LogP contribution < -0.4 is 4.90 Å². The highest BCUT2D eigenvalue weighted by atomic mass is 16.4. The summed E-state index contributed by atoms with van der Waals surface area (Å²) in [5.41, 5.74) is 3.88. The predicted molar refractivity (Wildman–Crippen MR) is 75.2 cm³/mol. The summed E-state index contributed by atoms with van der Waals surface area (Å²) in [6.45, 7) is 4.04. The van der Waals surface area contributed by atoms with Crippen molar-refractivity contribution in [2.45, 2.75) is 13.8 Å². The molecule has 0 atom stereocenters. The number of benzene rings is 1. The molecule has 0 bridgehead atoms. The van der Waals surface area contributed by atoms with Crippen molar-refractivity contribution < 1.29 is 9.90 Å². The molecule has 98 valence electrons. The highest BCUT2D eigenvalue weighted by molar-refractivity contribution is 5.93. The number of aryl methyl sites for hydroxylation is 2. The van der Waals surface area contributed by atoms with E-state index in [2.05, 4.69) is 11.1 Å². The number of carboxylic acids is 1. The highest BCUT2D eigenvalue weighted by Crippen LogP contribution is 2.27. The van der Waals surface area contributed by atoms with Crippen LogP contribution in [-0.4, -0.2) is 23.1 Å². The molecule has 0 aliphatic carbocycles. The van der Waals surface area contributed by atoms with Gasteiger partial charge in [0.1, 0.15) is 0 Å². The lowest BCUT2D eigenvalue weighted by Gasteiger charge is -2.21. The molecule has 0 fully saturated rings. The van der Waals surface area contributed by atoms with Gasteiger partial charge in [-0.05, 0) is 49.2 Å². The third-order valence-corrected chi connectivity index (χ3v) is 2.94. The van der Waals surface area contributed by atoms with Crippen molar-refractivity contribution in [2.75, 3.05) is 11.9 Å². The van der Waals surface area contributed by atoms with E-state index in [-0.39, 0.29) is 5.69 Å². The van der Waals surface area contributed by atoms with Gasteiger partial charge in [-0.15, -0.1) is 0 Å². The van der Waals surface area contributed by atoms with Gasteiger partial charge < -0.3 is 10.0 Å². The van der Waals surface area contributed by atoms with Gasteiger partial charge in [0, 0.05) is 18.9 Å². The molecule has 1 aromatic heterocycles. The van der Waals surface area contributed by atoms with Crippen LogP contribution in [0.4, 0.5) is 11.4 Å². The Morgan fingerprint density at radius 3 is 2.42 bits per heavy atom. The summed E-state index contributed by atoms with van der Waals surface area (Å²) in [5, 5.41) is 9.18. The minimum atomic E-state index is -1.02. The van der Waals surface area contributed by atoms with Gasteiger partial charge in [-0.25, -0.2) is 9.78 Å². The quantitative estimate of drug-likeness (QED) is 0.916. The second kappa shape index (κ2) is 5.10. The Kier molecular flexibility index (Phi) is 3.51. The van der Waals surface area contributed by atoms with E-state index in [1.165, 1.54) is 6.20 Å². The van der Waals surface area contributed by atoms with E-state index in [1.54, 1.807) is 12.1 Å². The standard InChI is InChI=1S/C15H16N2O2/c1-10-7-11(2)9-12(8-10)17(3)13-5-4-6-16-14(13)15(18)19/h4-9H,1-3H3,(H,18,19). The molecule has 0 spiro atoms. The molecule has 0 aliphatic heterocycles. The summed E-state index contributed by atoms with van der Waals surface area (Å²) in [7, 11) is 1.84. The fourth-order valence-electron chi connectivity index (χ4n) is 2.12. The van der Waals surface area contributed by atoms with Crippen molar-refractivity contribution in [2.24, 2.45) is 0 Å². The summed E-state index contributed by atoms with van der Waals surface area (Å²) in [5.74, 6) is -1.02. The Balaban J connectivity index is 2.49. The van der Waals surface area contributed by atoms with Gasteiger partial charge in [0.2, 0.25) is 0 Å². The number of hydrogen-bond acceptors (Lipinski definition) is 3. The molecule has 1 aromatic carbocycles. The number of carbonyl (C=O) groups is 1. The lowest BCUT2D eigenvalue weighted by Crippen LogP contribution is -2.15. The first-order valence-electron chi connectivity index (χ1n) is 5.99. The molecule has 1 N–H and O–H groups in total. The second-order valence-electron chi connectivity index (χ2n) is 4.58. The zero-order valence-corrected chi connectivity index (χ0v) is 11.2. The lowest BCUT2D eigenvalue weighted by molar-refractivity contribution is 0.0691. The van der Waals surface area contributed by atoms with E-state index in [0.717, 1.165) is 16.8 Å². The van der Waals surface area contributed by atoms with Crippen LogP contribution in [0.5, 0.6) is 0 Å². The zero-order chi connectivity index (χ0) is 14.0. The monoisotopic (exact) mass is 256 g/mol. The second-order valence-corrected chi connectivity index (χ2v) is 4.58. The van der Waals surface area contributed by atoms with E-state index in [0.29, 0.717) is 5.69 Å². The Bertz CT molecular complexity index is 603. The minimum Gasteiger partial charge on any atom is -0.476 e. The van der Waals surface area contributed by atoms with Gasteiger partial charge in [-0.2, -0.15) is 0 Å². The van der Waals surface area contributed by atoms with Crippen LogP contribution in [0.3, 0.4) is 0 Å².